The van der Waals surface area contributed by atoms with Crippen LogP contribution in [0.4, 0.5) is 4.79 Å². The lowest BCUT2D eigenvalue weighted by Crippen LogP contribution is -2.48. The smallest absolute Gasteiger partial charge is 0.338 e. The number of nitrogens with one attached hydrogen (secondary N) is 2. The fourth-order valence-electron chi connectivity index (χ4n) is 3.50. The molecule has 0 bridgehead atoms. The van der Waals surface area contributed by atoms with Crippen molar-refractivity contribution in [3.63, 3.8) is 0 Å². The molecule has 1 aromatic heterocycles. The molecule has 1 aromatic carbocycles. The van der Waals surface area contributed by atoms with Gasteiger partial charge >= 0.3 is 12.0 Å². The Morgan fingerprint density at radius 2 is 1.94 bits per heavy atom. The second kappa shape index (κ2) is 9.58. The molecule has 10 heteroatoms. The van der Waals surface area contributed by atoms with Gasteiger partial charge in [0.25, 0.3) is 0 Å². The van der Waals surface area contributed by atoms with Crippen LogP contribution in [0.2, 0.25) is 0 Å². The van der Waals surface area contributed by atoms with Crippen LogP contribution in [0.25, 0.3) is 0 Å². The van der Waals surface area contributed by atoms with Gasteiger partial charge in [-0.25, -0.2) is 18.0 Å². The Labute approximate surface area is 187 Å². The van der Waals surface area contributed by atoms with Crippen molar-refractivity contribution in [3.8, 4) is 0 Å². The van der Waals surface area contributed by atoms with E-state index in [1.54, 1.807) is 43.3 Å². The van der Waals surface area contributed by atoms with Gasteiger partial charge in [0.15, 0.2) is 9.84 Å². The quantitative estimate of drug-likeness (QED) is 0.580. The van der Waals surface area contributed by atoms with E-state index in [-0.39, 0.29) is 29.7 Å². The highest BCUT2D eigenvalue weighted by atomic mass is 32.2. The maximum Gasteiger partial charge on any atom is 0.338 e. The van der Waals surface area contributed by atoms with Gasteiger partial charge in [-0.2, -0.15) is 0 Å². The summed E-state index contributed by atoms with van der Waals surface area (Å²) in [6.07, 6.45) is 2.64. The maximum absolute atomic E-state index is 12.8. The molecule has 32 heavy (non-hydrogen) atoms. The van der Waals surface area contributed by atoms with Crippen molar-refractivity contribution in [2.45, 2.75) is 30.8 Å². The van der Waals surface area contributed by atoms with Gasteiger partial charge in [-0.1, -0.05) is 12.1 Å². The summed E-state index contributed by atoms with van der Waals surface area (Å²) in [6.45, 7) is 4.09. The third-order valence-corrected chi connectivity index (χ3v) is 6.46. The van der Waals surface area contributed by atoms with Gasteiger partial charge in [0.2, 0.25) is 0 Å². The Bertz CT molecular complexity index is 1110. The van der Waals surface area contributed by atoms with Crippen LogP contribution in [-0.4, -0.2) is 51.8 Å². The number of likely N-dealkylation sites (N-methyl/N-ethyl adjacent to an activating group) is 1. The fourth-order valence-corrected chi connectivity index (χ4v) is 4.13. The normalized spacial score (nSPS) is 17.7. The summed E-state index contributed by atoms with van der Waals surface area (Å²) < 4.78 is 34.1. The summed E-state index contributed by atoms with van der Waals surface area (Å²) in [5, 5.41) is 5.44. The molecule has 2 heterocycles. The molecule has 0 aliphatic carbocycles. The van der Waals surface area contributed by atoms with Gasteiger partial charge in [0.05, 0.1) is 23.3 Å². The van der Waals surface area contributed by atoms with Gasteiger partial charge in [-0.05, 0) is 50.7 Å². The van der Waals surface area contributed by atoms with Crippen molar-refractivity contribution >= 4 is 21.8 Å². The van der Waals surface area contributed by atoms with E-state index in [9.17, 15) is 18.0 Å². The van der Waals surface area contributed by atoms with Crippen LogP contribution in [0.15, 0.2) is 63.2 Å². The third-order valence-electron chi connectivity index (χ3n) is 5.34. The van der Waals surface area contributed by atoms with Gasteiger partial charge in [-0.3, -0.25) is 4.90 Å². The lowest BCUT2D eigenvalue weighted by molar-refractivity contribution is -0.139. The van der Waals surface area contributed by atoms with E-state index in [0.29, 0.717) is 11.5 Å². The molecule has 2 atom stereocenters. The highest BCUT2D eigenvalue weighted by Gasteiger charge is 2.36. The van der Waals surface area contributed by atoms with E-state index in [1.807, 2.05) is 18.9 Å². The number of hydrogen-bond donors (Lipinski definition) is 2. The molecule has 9 nitrogen and oxygen atoms in total. The monoisotopic (exact) mass is 461 g/mol. The molecule has 0 fully saturated rings. The highest BCUT2D eigenvalue weighted by molar-refractivity contribution is 7.90. The van der Waals surface area contributed by atoms with E-state index in [2.05, 4.69) is 10.6 Å². The SMILES string of the molecule is CCOC(=O)C1=C(CN(C)C(C)c2ccc(S(C)(=O)=O)cc2)NC(=O)NC1c1ccco1. The van der Waals surface area contributed by atoms with Crippen LogP contribution in [0, 0.1) is 0 Å². The fraction of sp³-hybridized carbons (Fsp3) is 0.364. The number of furan rings is 1. The minimum absolute atomic E-state index is 0.131. The molecule has 2 unspecified atom stereocenters. The lowest BCUT2D eigenvalue weighted by atomic mass is 9.99. The summed E-state index contributed by atoms with van der Waals surface area (Å²) in [7, 11) is -1.43. The van der Waals surface area contributed by atoms with Crippen LogP contribution in [-0.2, 0) is 19.4 Å². The van der Waals surface area contributed by atoms with E-state index >= 15 is 0 Å². The number of carbonyl (C=O) groups excluding carboxylic acids is 2. The number of benzene rings is 1. The number of esters is 1. The molecule has 2 N–H and O–H groups in total. The molecule has 1 aliphatic rings. The van der Waals surface area contributed by atoms with Crippen molar-refractivity contribution in [3.05, 3.63) is 65.3 Å². The highest BCUT2D eigenvalue weighted by Crippen LogP contribution is 2.29. The first-order valence-electron chi connectivity index (χ1n) is 10.1. The Balaban J connectivity index is 1.90. The number of amides is 2. The molecular formula is C22H27N3O6S. The third kappa shape index (κ3) is 5.20. The Kier molecular flexibility index (Phi) is 7.05. The zero-order chi connectivity index (χ0) is 23.5. The predicted octanol–water partition coefficient (Wildman–Crippen LogP) is 2.55. The van der Waals surface area contributed by atoms with Crippen molar-refractivity contribution in [2.75, 3.05) is 26.5 Å². The number of rotatable bonds is 8. The first-order valence-corrected chi connectivity index (χ1v) is 12.0. The van der Waals surface area contributed by atoms with E-state index in [4.69, 9.17) is 9.15 Å². The molecule has 3 rings (SSSR count). The number of nitrogens with zero attached hydrogens (tertiary/aromatic N) is 1. The minimum Gasteiger partial charge on any atom is -0.467 e. The summed E-state index contributed by atoms with van der Waals surface area (Å²) in [4.78, 5) is 27.3. The lowest BCUT2D eigenvalue weighted by Gasteiger charge is -2.32. The predicted molar refractivity (Wildman–Crippen MR) is 117 cm³/mol. The van der Waals surface area contributed by atoms with Crippen LogP contribution in [0.1, 0.15) is 37.3 Å². The van der Waals surface area contributed by atoms with Gasteiger partial charge < -0.3 is 19.8 Å². The van der Waals surface area contributed by atoms with Crippen molar-refractivity contribution < 1.29 is 27.2 Å². The molecule has 1 aliphatic heterocycles. The second-order valence-electron chi connectivity index (χ2n) is 7.59. The van der Waals surface area contributed by atoms with E-state index in [1.165, 1.54) is 6.26 Å². The van der Waals surface area contributed by atoms with Gasteiger partial charge in [-0.15, -0.1) is 0 Å². The van der Waals surface area contributed by atoms with Gasteiger partial charge in [0, 0.05) is 24.5 Å². The summed E-state index contributed by atoms with van der Waals surface area (Å²) in [5.74, 6) is -0.123. The summed E-state index contributed by atoms with van der Waals surface area (Å²) >= 11 is 0. The topological polar surface area (TPSA) is 118 Å². The average molecular weight is 462 g/mol. The molecule has 2 aromatic rings. The Morgan fingerprint density at radius 3 is 2.50 bits per heavy atom. The van der Waals surface area contributed by atoms with Crippen LogP contribution < -0.4 is 10.6 Å². The molecule has 0 saturated carbocycles. The van der Waals surface area contributed by atoms with Gasteiger partial charge in [0.1, 0.15) is 11.8 Å². The first kappa shape index (κ1) is 23.6. The molecule has 0 spiro atoms. The largest absolute Gasteiger partial charge is 0.467 e. The van der Waals surface area contributed by atoms with Crippen molar-refractivity contribution in [1.29, 1.82) is 0 Å². The molecule has 0 radical (unpaired) electrons. The number of sulfone groups is 1. The molecule has 172 valence electrons. The van der Waals surface area contributed by atoms with Crippen molar-refractivity contribution in [2.24, 2.45) is 0 Å². The summed E-state index contributed by atoms with van der Waals surface area (Å²) in [6, 6.07) is 8.65. The van der Waals surface area contributed by atoms with E-state index in [0.717, 1.165) is 11.8 Å². The van der Waals surface area contributed by atoms with E-state index < -0.39 is 27.9 Å². The molecule has 2 amide bonds. The zero-order valence-electron chi connectivity index (χ0n) is 18.4. The standard InChI is InChI=1S/C22H27N3O6S/c1-5-30-21(26)19-17(23-22(27)24-20(19)18-7-6-12-31-18)13-25(3)14(2)15-8-10-16(11-9-15)32(4,28)29/h6-12,14,20H,5,13H2,1-4H3,(H2,23,24,27). The summed E-state index contributed by atoms with van der Waals surface area (Å²) in [5.41, 5.74) is 1.57. The number of ether oxygens (including phenoxy) is 1. The number of urea groups is 1. The minimum atomic E-state index is -3.28. The Morgan fingerprint density at radius 1 is 1.25 bits per heavy atom. The average Bonchev–Trinajstić information content (AvgIpc) is 3.27. The first-order chi connectivity index (χ1) is 15.1. The molecular weight excluding hydrogens is 434 g/mol. The van der Waals surface area contributed by atoms with Crippen LogP contribution >= 0.6 is 0 Å². The zero-order valence-corrected chi connectivity index (χ0v) is 19.2. The van der Waals surface area contributed by atoms with Crippen LogP contribution in [0.3, 0.4) is 0 Å². The van der Waals surface area contributed by atoms with Crippen LogP contribution in [0.5, 0.6) is 0 Å². The van der Waals surface area contributed by atoms with Crippen molar-refractivity contribution in [1.82, 2.24) is 15.5 Å². The Hall–Kier alpha value is -3.11. The maximum atomic E-state index is 12.8. The molecule has 0 saturated heterocycles. The number of hydrogen-bond acceptors (Lipinski definition) is 7. The second-order valence-corrected chi connectivity index (χ2v) is 9.61. The number of carbonyl (C=O) groups is 2.